The van der Waals surface area contributed by atoms with Crippen LogP contribution in [-0.2, 0) is 11.3 Å². The lowest BCUT2D eigenvalue weighted by Crippen LogP contribution is -2.39. The number of ether oxygens (including phenoxy) is 3. The van der Waals surface area contributed by atoms with Crippen molar-refractivity contribution in [1.29, 1.82) is 0 Å². The van der Waals surface area contributed by atoms with E-state index in [2.05, 4.69) is 13.8 Å². The number of amides is 1. The summed E-state index contributed by atoms with van der Waals surface area (Å²) in [6.45, 7) is 6.33. The monoisotopic (exact) mass is 366 g/mol. The zero-order valence-electron chi connectivity index (χ0n) is 16.3. The normalized spacial score (nSPS) is 18.8. The fourth-order valence-corrected chi connectivity index (χ4v) is 3.26. The van der Waals surface area contributed by atoms with Gasteiger partial charge in [-0.25, -0.2) is 0 Å². The molecule has 1 aromatic rings. The van der Waals surface area contributed by atoms with Crippen molar-refractivity contribution in [3.05, 3.63) is 17.7 Å². The molecule has 146 valence electrons. The summed E-state index contributed by atoms with van der Waals surface area (Å²) in [5.41, 5.74) is 0.877. The van der Waals surface area contributed by atoms with Gasteiger partial charge in [0.1, 0.15) is 5.75 Å². The Kier molecular flexibility index (Phi) is 7.11. The number of carbonyl (C=O) groups excluding carboxylic acids is 1. The van der Waals surface area contributed by atoms with Gasteiger partial charge >= 0.3 is 0 Å². The van der Waals surface area contributed by atoms with Gasteiger partial charge < -0.3 is 24.2 Å². The molecule has 0 radical (unpaired) electrons. The third-order valence-corrected chi connectivity index (χ3v) is 4.38. The van der Waals surface area contributed by atoms with Crippen LogP contribution in [0.5, 0.6) is 17.2 Å². The minimum Gasteiger partial charge on any atom is -0.496 e. The number of hydrogen-bond acceptors (Lipinski definition) is 6. The molecular formula is C19H30N2O5. The van der Waals surface area contributed by atoms with Gasteiger partial charge in [-0.3, -0.25) is 9.69 Å². The fourth-order valence-electron chi connectivity index (χ4n) is 3.26. The number of rotatable bonds is 7. The lowest BCUT2D eigenvalue weighted by atomic mass is 10.1. The topological polar surface area (TPSA) is 71.5 Å². The maximum Gasteiger partial charge on any atom is 0.236 e. The van der Waals surface area contributed by atoms with Crippen molar-refractivity contribution >= 4 is 5.91 Å². The van der Waals surface area contributed by atoms with Gasteiger partial charge in [-0.2, -0.15) is 0 Å². The summed E-state index contributed by atoms with van der Waals surface area (Å²) in [7, 11) is 4.75. The van der Waals surface area contributed by atoms with Gasteiger partial charge in [0.15, 0.2) is 11.5 Å². The molecule has 1 unspecified atom stereocenters. The SMILES string of the molecule is COc1cc(OC)c(OC)cc1CN1CC(=O)N(CC(C)C)CC(O)C1. The standard InChI is InChI=1S/C19H30N2O5/c1-13(2)8-21-11-15(22)10-20(12-19(21)23)9-14-6-17(25-4)18(26-5)7-16(14)24-3/h6-7,13,15,22H,8-12H2,1-5H3. The van der Waals surface area contributed by atoms with E-state index in [0.717, 1.165) is 5.56 Å². The van der Waals surface area contributed by atoms with Gasteiger partial charge in [-0.05, 0) is 12.0 Å². The van der Waals surface area contributed by atoms with Gasteiger partial charge in [-0.1, -0.05) is 13.8 Å². The van der Waals surface area contributed by atoms with Gasteiger partial charge in [0.2, 0.25) is 5.91 Å². The molecule has 1 aliphatic heterocycles. The molecule has 0 bridgehead atoms. The van der Waals surface area contributed by atoms with Crippen LogP contribution in [0.3, 0.4) is 0 Å². The summed E-state index contributed by atoms with van der Waals surface area (Å²) < 4.78 is 16.1. The average molecular weight is 366 g/mol. The molecule has 1 saturated heterocycles. The first kappa shape index (κ1) is 20.3. The smallest absolute Gasteiger partial charge is 0.236 e. The molecule has 0 saturated carbocycles. The van der Waals surface area contributed by atoms with Crippen LogP contribution in [0.4, 0.5) is 0 Å². The highest BCUT2D eigenvalue weighted by Gasteiger charge is 2.28. The Morgan fingerprint density at radius 1 is 1.08 bits per heavy atom. The number of carbonyl (C=O) groups is 1. The van der Waals surface area contributed by atoms with E-state index in [-0.39, 0.29) is 12.5 Å². The van der Waals surface area contributed by atoms with E-state index >= 15 is 0 Å². The molecule has 0 spiro atoms. The molecule has 1 atom stereocenters. The molecule has 7 nitrogen and oxygen atoms in total. The van der Waals surface area contributed by atoms with Crippen LogP contribution in [0.1, 0.15) is 19.4 Å². The molecule has 26 heavy (non-hydrogen) atoms. The number of aliphatic hydroxyl groups excluding tert-OH is 1. The van der Waals surface area contributed by atoms with E-state index in [1.54, 1.807) is 32.3 Å². The molecule has 0 aromatic heterocycles. The lowest BCUT2D eigenvalue weighted by Gasteiger charge is -2.24. The number of aliphatic hydroxyl groups is 1. The summed E-state index contributed by atoms with van der Waals surface area (Å²) in [6, 6.07) is 3.63. The van der Waals surface area contributed by atoms with Crippen LogP contribution in [0.2, 0.25) is 0 Å². The number of benzene rings is 1. The van der Waals surface area contributed by atoms with E-state index in [0.29, 0.717) is 49.3 Å². The second-order valence-electron chi connectivity index (χ2n) is 7.04. The lowest BCUT2D eigenvalue weighted by molar-refractivity contribution is -0.132. The zero-order valence-corrected chi connectivity index (χ0v) is 16.3. The Bertz CT molecular complexity index is 620. The molecule has 1 N–H and O–H groups in total. The Morgan fingerprint density at radius 3 is 2.27 bits per heavy atom. The van der Waals surface area contributed by atoms with Crippen molar-refractivity contribution in [2.45, 2.75) is 26.5 Å². The summed E-state index contributed by atoms with van der Waals surface area (Å²) in [5, 5.41) is 10.3. The van der Waals surface area contributed by atoms with Crippen LogP contribution in [-0.4, -0.2) is 74.4 Å². The molecule has 1 heterocycles. The zero-order chi connectivity index (χ0) is 19.3. The number of nitrogens with zero attached hydrogens (tertiary/aromatic N) is 2. The van der Waals surface area contributed by atoms with E-state index in [1.807, 2.05) is 11.0 Å². The Morgan fingerprint density at radius 2 is 1.69 bits per heavy atom. The van der Waals surface area contributed by atoms with Gasteiger partial charge in [0.05, 0.1) is 34.0 Å². The predicted molar refractivity (Wildman–Crippen MR) is 98.8 cm³/mol. The van der Waals surface area contributed by atoms with E-state index in [1.165, 1.54) is 0 Å². The van der Waals surface area contributed by atoms with Crippen LogP contribution in [0, 0.1) is 5.92 Å². The minimum atomic E-state index is -0.577. The first-order valence-electron chi connectivity index (χ1n) is 8.85. The largest absolute Gasteiger partial charge is 0.496 e. The highest BCUT2D eigenvalue weighted by atomic mass is 16.5. The minimum absolute atomic E-state index is 0.0368. The Hall–Kier alpha value is -1.99. The molecule has 1 aliphatic rings. The van der Waals surface area contributed by atoms with Crippen molar-refractivity contribution in [1.82, 2.24) is 9.80 Å². The second kappa shape index (κ2) is 9.09. The second-order valence-corrected chi connectivity index (χ2v) is 7.04. The summed E-state index contributed by atoms with van der Waals surface area (Å²) in [4.78, 5) is 16.3. The maximum atomic E-state index is 12.6. The summed E-state index contributed by atoms with van der Waals surface area (Å²) >= 11 is 0. The van der Waals surface area contributed by atoms with Crippen LogP contribution in [0.25, 0.3) is 0 Å². The summed E-state index contributed by atoms with van der Waals surface area (Å²) in [5.74, 6) is 2.25. The van der Waals surface area contributed by atoms with Gasteiger partial charge in [0.25, 0.3) is 0 Å². The van der Waals surface area contributed by atoms with E-state index < -0.39 is 6.10 Å². The quantitative estimate of drug-likeness (QED) is 0.786. The van der Waals surface area contributed by atoms with E-state index in [9.17, 15) is 9.90 Å². The van der Waals surface area contributed by atoms with Crippen LogP contribution in [0.15, 0.2) is 12.1 Å². The van der Waals surface area contributed by atoms with Crippen molar-refractivity contribution < 1.29 is 24.1 Å². The third kappa shape index (κ3) is 5.02. The Balaban J connectivity index is 2.20. The van der Waals surface area contributed by atoms with Gasteiger partial charge in [0, 0.05) is 37.8 Å². The number of hydrogen-bond donors (Lipinski definition) is 1. The first-order chi connectivity index (χ1) is 12.4. The number of methoxy groups -OCH3 is 3. The molecule has 0 aliphatic carbocycles. The van der Waals surface area contributed by atoms with Gasteiger partial charge in [-0.15, -0.1) is 0 Å². The van der Waals surface area contributed by atoms with Crippen LogP contribution >= 0.6 is 0 Å². The molecule has 2 rings (SSSR count). The van der Waals surface area contributed by atoms with Crippen molar-refractivity contribution in [3.63, 3.8) is 0 Å². The summed E-state index contributed by atoms with van der Waals surface area (Å²) in [6.07, 6.45) is -0.577. The maximum absolute atomic E-state index is 12.6. The fraction of sp³-hybridized carbons (Fsp3) is 0.632. The molecule has 1 fully saturated rings. The predicted octanol–water partition coefficient (Wildman–Crippen LogP) is 1.37. The Labute approximate surface area is 155 Å². The van der Waals surface area contributed by atoms with Crippen molar-refractivity contribution in [3.8, 4) is 17.2 Å². The van der Waals surface area contributed by atoms with Crippen molar-refractivity contribution in [2.24, 2.45) is 5.92 Å². The number of β-amino-alcohol motifs (C(OH)–C–C–N with tert-alkyl or cyclic N) is 1. The highest BCUT2D eigenvalue weighted by Crippen LogP contribution is 2.35. The van der Waals surface area contributed by atoms with Crippen LogP contribution < -0.4 is 14.2 Å². The van der Waals surface area contributed by atoms with E-state index in [4.69, 9.17) is 14.2 Å². The highest BCUT2D eigenvalue weighted by molar-refractivity contribution is 5.78. The average Bonchev–Trinajstić information content (AvgIpc) is 2.72. The first-order valence-corrected chi connectivity index (χ1v) is 8.85. The molecule has 1 aromatic carbocycles. The molecule has 7 heteroatoms. The van der Waals surface area contributed by atoms with Crippen molar-refractivity contribution in [2.75, 3.05) is 47.5 Å². The molecular weight excluding hydrogens is 336 g/mol. The third-order valence-electron chi connectivity index (χ3n) is 4.38. The molecule has 1 amide bonds.